The minimum Gasteiger partial charge on any atom is -0.504 e. The van der Waals surface area contributed by atoms with E-state index in [1.165, 1.54) is 19.2 Å². The summed E-state index contributed by atoms with van der Waals surface area (Å²) in [6.07, 6.45) is -0.0585. The van der Waals surface area contributed by atoms with Crippen LogP contribution in [0.5, 0.6) is 17.2 Å². The molecule has 0 radical (unpaired) electrons. The number of rotatable bonds is 8. The third-order valence-electron chi connectivity index (χ3n) is 5.24. The van der Waals surface area contributed by atoms with Crippen LogP contribution in [0.1, 0.15) is 29.4 Å². The van der Waals surface area contributed by atoms with Gasteiger partial charge in [0.25, 0.3) is 0 Å². The Morgan fingerprint density at radius 3 is 2.71 bits per heavy atom. The lowest BCUT2D eigenvalue weighted by Crippen LogP contribution is -2.41. The molecule has 9 heteroatoms. The second kappa shape index (κ2) is 10.3. The Hall–Kier alpha value is -3.04. The molecule has 1 atom stereocenters. The van der Waals surface area contributed by atoms with Crippen LogP contribution in [0.15, 0.2) is 33.5 Å². The first kappa shape index (κ1) is 22.6. The van der Waals surface area contributed by atoms with E-state index in [9.17, 15) is 19.8 Å². The lowest BCUT2D eigenvalue weighted by molar-refractivity contribution is -0.121. The number of phenolic OH excluding ortho intramolecular Hbond substituents is 1. The molecule has 0 aliphatic carbocycles. The van der Waals surface area contributed by atoms with Gasteiger partial charge < -0.3 is 29.4 Å². The van der Waals surface area contributed by atoms with E-state index < -0.39 is 17.1 Å². The first-order valence-electron chi connectivity index (χ1n) is 10.2. The van der Waals surface area contributed by atoms with Gasteiger partial charge in [-0.2, -0.15) is 0 Å². The Labute approximate surface area is 180 Å². The first-order chi connectivity index (χ1) is 14.9. The predicted molar refractivity (Wildman–Crippen MR) is 113 cm³/mol. The van der Waals surface area contributed by atoms with Crippen LogP contribution in [-0.2, 0) is 9.53 Å². The number of aryl methyl sites for hydroxylation is 1. The summed E-state index contributed by atoms with van der Waals surface area (Å²) in [6, 6.07) is 5.78. The molecule has 2 aromatic rings. The summed E-state index contributed by atoms with van der Waals surface area (Å²) in [7, 11) is 1.41. The summed E-state index contributed by atoms with van der Waals surface area (Å²) in [4.78, 5) is 27.0. The summed E-state index contributed by atoms with van der Waals surface area (Å²) in [5, 5.41) is 23.2. The van der Waals surface area contributed by atoms with Gasteiger partial charge in [-0.15, -0.1) is 0 Å². The van der Waals surface area contributed by atoms with Gasteiger partial charge in [-0.25, -0.2) is 0 Å². The number of ether oxygens (including phenoxy) is 2. The minimum atomic E-state index is -0.745. The molecule has 1 aromatic heterocycles. The van der Waals surface area contributed by atoms with E-state index in [1.54, 1.807) is 19.1 Å². The van der Waals surface area contributed by atoms with Crippen LogP contribution in [0.4, 0.5) is 0 Å². The molecule has 0 saturated carbocycles. The molecule has 1 fully saturated rings. The molecule has 2 heterocycles. The minimum absolute atomic E-state index is 0.000993. The summed E-state index contributed by atoms with van der Waals surface area (Å²) in [5.74, 6) is -1.06. The van der Waals surface area contributed by atoms with E-state index in [0.29, 0.717) is 37.6 Å². The third kappa shape index (κ3) is 5.77. The molecule has 0 bridgehead atoms. The maximum Gasteiger partial charge on any atom is 0.227 e. The van der Waals surface area contributed by atoms with E-state index in [0.717, 1.165) is 13.1 Å². The van der Waals surface area contributed by atoms with Gasteiger partial charge >= 0.3 is 0 Å². The molecule has 1 aromatic carbocycles. The molecular weight excluding hydrogens is 404 g/mol. The summed E-state index contributed by atoms with van der Waals surface area (Å²) in [5.41, 5.74) is -0.0238. The number of methoxy groups -OCH3 is 1. The van der Waals surface area contributed by atoms with E-state index in [4.69, 9.17) is 13.9 Å². The van der Waals surface area contributed by atoms with E-state index in [-0.39, 0.29) is 29.6 Å². The van der Waals surface area contributed by atoms with Crippen LogP contribution in [0.3, 0.4) is 0 Å². The fraction of sp³-hybridized carbons (Fsp3) is 0.455. The van der Waals surface area contributed by atoms with Gasteiger partial charge in [-0.3, -0.25) is 14.5 Å². The first-order valence-corrected chi connectivity index (χ1v) is 10.2. The number of aromatic hydroxyl groups is 2. The molecule has 0 unspecified atom stereocenters. The number of nitrogens with zero attached hydrogens (tertiary/aromatic N) is 1. The highest BCUT2D eigenvalue weighted by Crippen LogP contribution is 2.37. The van der Waals surface area contributed by atoms with E-state index >= 15 is 0 Å². The molecule has 9 nitrogen and oxygen atoms in total. The van der Waals surface area contributed by atoms with Crippen molar-refractivity contribution in [2.45, 2.75) is 19.3 Å². The molecule has 31 heavy (non-hydrogen) atoms. The zero-order chi connectivity index (χ0) is 22.4. The predicted octanol–water partition coefficient (Wildman–Crippen LogP) is 1.34. The van der Waals surface area contributed by atoms with Crippen LogP contribution in [-0.4, -0.2) is 67.5 Å². The molecule has 0 spiro atoms. The van der Waals surface area contributed by atoms with Crippen molar-refractivity contribution >= 4 is 5.91 Å². The van der Waals surface area contributed by atoms with Crippen LogP contribution in [0.25, 0.3) is 0 Å². The molecular formula is C22H28N2O7. The van der Waals surface area contributed by atoms with Gasteiger partial charge in [0.2, 0.25) is 17.1 Å². The molecule has 1 aliphatic heterocycles. The molecule has 1 aliphatic rings. The van der Waals surface area contributed by atoms with Crippen molar-refractivity contribution in [3.05, 3.63) is 51.6 Å². The smallest absolute Gasteiger partial charge is 0.227 e. The van der Waals surface area contributed by atoms with Gasteiger partial charge in [-0.05, 0) is 24.6 Å². The van der Waals surface area contributed by atoms with Crippen molar-refractivity contribution in [2.75, 3.05) is 46.5 Å². The maximum absolute atomic E-state index is 12.7. The summed E-state index contributed by atoms with van der Waals surface area (Å²) < 4.78 is 16.1. The number of nitrogens with one attached hydrogen (secondary N) is 1. The lowest BCUT2D eigenvalue weighted by Gasteiger charge is -2.26. The zero-order valence-corrected chi connectivity index (χ0v) is 17.7. The zero-order valence-electron chi connectivity index (χ0n) is 17.7. The molecule has 1 saturated heterocycles. The number of carbonyl (C=O) groups excluding carboxylic acids is 1. The standard InChI is InChI=1S/C22H28N2O7/c1-14-11-18(26)21(28)22(31-14)16(15-3-4-17(25)19(12-15)29-2)13-20(27)23-5-6-24-7-9-30-10-8-24/h3-4,11-12,16,25,28H,5-10,13H2,1-2H3,(H,23,27)/t16-/m0/s1. The highest BCUT2D eigenvalue weighted by Gasteiger charge is 2.26. The SMILES string of the molecule is COc1cc([C@H](CC(=O)NCCN2CCOCC2)c2oc(C)cc(=O)c2O)ccc1O. The highest BCUT2D eigenvalue weighted by molar-refractivity contribution is 5.77. The Bertz CT molecular complexity index is 967. The monoisotopic (exact) mass is 432 g/mol. The number of hydrogen-bond donors (Lipinski definition) is 3. The molecule has 3 rings (SSSR count). The summed E-state index contributed by atoms with van der Waals surface area (Å²) in [6.45, 7) is 5.80. The van der Waals surface area contributed by atoms with Gasteiger partial charge in [-0.1, -0.05) is 6.07 Å². The van der Waals surface area contributed by atoms with Crippen molar-refractivity contribution in [3.63, 3.8) is 0 Å². The van der Waals surface area contributed by atoms with Crippen LogP contribution >= 0.6 is 0 Å². The topological polar surface area (TPSA) is 121 Å². The second-order valence-electron chi connectivity index (χ2n) is 7.43. The average Bonchev–Trinajstić information content (AvgIpc) is 2.76. The maximum atomic E-state index is 12.7. The van der Waals surface area contributed by atoms with Crippen LogP contribution < -0.4 is 15.5 Å². The van der Waals surface area contributed by atoms with Gasteiger partial charge in [0.15, 0.2) is 17.3 Å². The van der Waals surface area contributed by atoms with E-state index in [2.05, 4.69) is 10.2 Å². The lowest BCUT2D eigenvalue weighted by atomic mass is 9.91. The number of amides is 1. The largest absolute Gasteiger partial charge is 0.504 e. The number of benzene rings is 1. The quantitative estimate of drug-likeness (QED) is 0.571. The Morgan fingerprint density at radius 2 is 2.00 bits per heavy atom. The second-order valence-corrected chi connectivity index (χ2v) is 7.43. The van der Waals surface area contributed by atoms with Crippen molar-refractivity contribution < 1.29 is 28.9 Å². The van der Waals surface area contributed by atoms with Gasteiger partial charge in [0.05, 0.1) is 26.2 Å². The Balaban J connectivity index is 1.81. The Kier molecular flexibility index (Phi) is 7.54. The summed E-state index contributed by atoms with van der Waals surface area (Å²) >= 11 is 0. The third-order valence-corrected chi connectivity index (χ3v) is 5.24. The molecule has 3 N–H and O–H groups in total. The molecule has 168 valence electrons. The van der Waals surface area contributed by atoms with Crippen molar-refractivity contribution in [2.24, 2.45) is 0 Å². The number of hydrogen-bond acceptors (Lipinski definition) is 8. The van der Waals surface area contributed by atoms with Crippen molar-refractivity contribution in [1.82, 2.24) is 10.2 Å². The van der Waals surface area contributed by atoms with Crippen LogP contribution in [0.2, 0.25) is 0 Å². The Morgan fingerprint density at radius 1 is 1.26 bits per heavy atom. The fourth-order valence-electron chi connectivity index (χ4n) is 3.57. The van der Waals surface area contributed by atoms with Gasteiger partial charge in [0, 0.05) is 38.7 Å². The van der Waals surface area contributed by atoms with E-state index in [1.807, 2.05) is 0 Å². The number of morpholine rings is 1. The highest BCUT2D eigenvalue weighted by atomic mass is 16.5. The van der Waals surface area contributed by atoms with Crippen LogP contribution in [0, 0.1) is 6.92 Å². The molecule has 1 amide bonds. The van der Waals surface area contributed by atoms with Crippen molar-refractivity contribution in [1.29, 1.82) is 0 Å². The van der Waals surface area contributed by atoms with Gasteiger partial charge in [0.1, 0.15) is 5.76 Å². The number of carbonyl (C=O) groups is 1. The number of phenols is 1. The fourth-order valence-corrected chi connectivity index (χ4v) is 3.57. The normalized spacial score (nSPS) is 15.4. The average molecular weight is 432 g/mol. The van der Waals surface area contributed by atoms with Crippen molar-refractivity contribution in [3.8, 4) is 17.2 Å².